The maximum atomic E-state index is 14.0. The van der Waals surface area contributed by atoms with E-state index in [9.17, 15) is 23.7 Å². The molecule has 0 bridgehead atoms. The molecular weight excluding hydrogens is 655 g/mol. The van der Waals surface area contributed by atoms with E-state index in [0.29, 0.717) is 5.56 Å². The van der Waals surface area contributed by atoms with Gasteiger partial charge < -0.3 is 9.47 Å². The van der Waals surface area contributed by atoms with Crippen LogP contribution in [-0.4, -0.2) is 56.6 Å². The summed E-state index contributed by atoms with van der Waals surface area (Å²) in [6, 6.07) is 7.00. The number of hydrogen-bond donors (Lipinski definition) is 2. The number of nitrogens with one attached hydrogen (secondary N) is 2. The second-order valence-electron chi connectivity index (χ2n) is 11.0. The van der Waals surface area contributed by atoms with Crippen LogP contribution in [0.1, 0.15) is 42.0 Å². The molecule has 2 aliphatic rings. The molecule has 20 nitrogen and oxygen atoms in total. The quantitative estimate of drug-likeness (QED) is 0.115. The van der Waals surface area contributed by atoms with Crippen LogP contribution >= 0.6 is 7.82 Å². The minimum Gasteiger partial charge on any atom is -0.352 e. The van der Waals surface area contributed by atoms with E-state index in [0.717, 1.165) is 9.13 Å². The Morgan fingerprint density at radius 2 is 1.27 bits per heavy atom. The summed E-state index contributed by atoms with van der Waals surface area (Å²) < 4.78 is 45.2. The lowest BCUT2D eigenvalue weighted by molar-refractivity contribution is -0.0435. The van der Waals surface area contributed by atoms with Crippen molar-refractivity contribution < 1.29 is 27.6 Å². The van der Waals surface area contributed by atoms with Gasteiger partial charge in [-0.15, -0.1) is 0 Å². The van der Waals surface area contributed by atoms with Crippen molar-refractivity contribution >= 4 is 7.82 Å². The molecule has 2 aliphatic heterocycles. The minimum absolute atomic E-state index is 0.0360. The summed E-state index contributed by atoms with van der Waals surface area (Å²) in [4.78, 5) is 58.7. The van der Waals surface area contributed by atoms with Gasteiger partial charge in [-0.25, -0.2) is 14.2 Å². The zero-order valence-corrected chi connectivity index (χ0v) is 26.5. The fourth-order valence-electron chi connectivity index (χ4n) is 5.22. The highest BCUT2D eigenvalue weighted by Gasteiger charge is 2.41. The Morgan fingerprint density at radius 1 is 0.812 bits per heavy atom. The van der Waals surface area contributed by atoms with Crippen LogP contribution in [-0.2, 0) is 34.2 Å². The summed E-state index contributed by atoms with van der Waals surface area (Å²) >= 11 is 0. The van der Waals surface area contributed by atoms with Gasteiger partial charge in [-0.1, -0.05) is 40.6 Å². The number of aromatic amines is 2. The van der Waals surface area contributed by atoms with Crippen LogP contribution in [0.25, 0.3) is 20.9 Å². The van der Waals surface area contributed by atoms with Crippen molar-refractivity contribution in [2.75, 3.05) is 13.2 Å². The second-order valence-corrected chi connectivity index (χ2v) is 12.7. The number of H-pyrrole nitrogens is 2. The second kappa shape index (κ2) is 15.0. The lowest BCUT2D eigenvalue weighted by Crippen LogP contribution is -2.33. The Bertz CT molecular complexity index is 1900. The number of phosphoric ester groups is 1. The number of rotatable bonds is 13. The molecule has 2 N–H and O–H groups in total. The minimum atomic E-state index is -4.47. The van der Waals surface area contributed by atoms with Gasteiger partial charge in [0.15, 0.2) is 0 Å². The molecule has 2 aromatic heterocycles. The van der Waals surface area contributed by atoms with E-state index in [1.54, 1.807) is 30.3 Å². The van der Waals surface area contributed by atoms with E-state index in [4.69, 9.17) is 34.1 Å². The molecule has 2 saturated heterocycles. The zero-order valence-electron chi connectivity index (χ0n) is 25.6. The summed E-state index contributed by atoms with van der Waals surface area (Å²) in [7, 11) is -4.47. The average molecular weight is 687 g/mol. The van der Waals surface area contributed by atoms with Gasteiger partial charge >= 0.3 is 19.2 Å². The van der Waals surface area contributed by atoms with Crippen LogP contribution < -0.4 is 22.5 Å². The monoisotopic (exact) mass is 686 g/mol. The SMILES string of the molecule is Cc1cn([C@H]2C[C@H](N=[N+]=[N-])[C@@H](COP(=O)(OCc3ccccc3)OC[C@H]3O[C@@H](n4cc(C)c(=O)[nH]c4=O)C[C@@H]3N=[N+]=[N-])O2)c(=O)[nH]c1=O. The van der Waals surface area contributed by atoms with Gasteiger partial charge in [-0.2, -0.15) is 0 Å². The molecule has 0 spiro atoms. The van der Waals surface area contributed by atoms with Crippen LogP contribution in [0.3, 0.4) is 0 Å². The molecule has 254 valence electrons. The summed E-state index contributed by atoms with van der Waals surface area (Å²) in [6.07, 6.45) is -1.22. The van der Waals surface area contributed by atoms with Gasteiger partial charge in [0.2, 0.25) is 0 Å². The first-order chi connectivity index (χ1) is 23.0. The van der Waals surface area contributed by atoms with Gasteiger partial charge in [0.1, 0.15) is 12.5 Å². The van der Waals surface area contributed by atoms with Gasteiger partial charge in [0, 0.05) is 46.2 Å². The highest BCUT2D eigenvalue weighted by atomic mass is 31.2. The van der Waals surface area contributed by atoms with Crippen molar-refractivity contribution in [3.8, 4) is 0 Å². The van der Waals surface area contributed by atoms with E-state index >= 15 is 0 Å². The fraction of sp³-hybridized carbons (Fsp3) is 0.481. The van der Waals surface area contributed by atoms with E-state index in [2.05, 4.69) is 30.0 Å². The highest BCUT2D eigenvalue weighted by Crippen LogP contribution is 2.52. The molecule has 4 heterocycles. The Labute approximate surface area is 270 Å². The summed E-state index contributed by atoms with van der Waals surface area (Å²) in [5.74, 6) is 0. The van der Waals surface area contributed by atoms with E-state index in [1.807, 2.05) is 0 Å². The van der Waals surface area contributed by atoms with Gasteiger partial charge in [-0.3, -0.25) is 42.3 Å². The van der Waals surface area contributed by atoms with Crippen molar-refractivity contribution in [3.05, 3.63) is 122 Å². The van der Waals surface area contributed by atoms with Crippen molar-refractivity contribution in [1.82, 2.24) is 19.1 Å². The van der Waals surface area contributed by atoms with Crippen LogP contribution in [0.4, 0.5) is 0 Å². The molecule has 5 rings (SSSR count). The van der Waals surface area contributed by atoms with Gasteiger partial charge in [-0.05, 0) is 30.5 Å². The van der Waals surface area contributed by atoms with Crippen molar-refractivity contribution in [1.29, 1.82) is 0 Å². The smallest absolute Gasteiger partial charge is 0.352 e. The molecule has 0 amide bonds. The summed E-state index contributed by atoms with van der Waals surface area (Å²) in [5, 5.41) is 7.48. The number of azide groups is 2. The maximum absolute atomic E-state index is 14.0. The molecule has 6 atom stereocenters. The van der Waals surface area contributed by atoms with Crippen molar-refractivity contribution in [3.63, 3.8) is 0 Å². The molecule has 3 aromatic rings. The Balaban J connectivity index is 1.34. The number of benzene rings is 1. The Kier molecular flexibility index (Phi) is 10.8. The lowest BCUT2D eigenvalue weighted by atomic mass is 10.1. The number of phosphoric acid groups is 1. The third-order valence-corrected chi connectivity index (χ3v) is 9.12. The Morgan fingerprint density at radius 3 is 1.71 bits per heavy atom. The predicted octanol–water partition coefficient (Wildman–Crippen LogP) is 2.99. The molecule has 48 heavy (non-hydrogen) atoms. The zero-order chi connectivity index (χ0) is 34.4. The van der Waals surface area contributed by atoms with Crippen LogP contribution in [0, 0.1) is 13.8 Å². The average Bonchev–Trinajstić information content (AvgIpc) is 3.66. The van der Waals surface area contributed by atoms with Crippen LogP contribution in [0.2, 0.25) is 0 Å². The number of aryl methyl sites for hydroxylation is 2. The van der Waals surface area contributed by atoms with Gasteiger partial charge in [0.25, 0.3) is 11.1 Å². The van der Waals surface area contributed by atoms with E-state index in [1.165, 1.54) is 26.2 Å². The van der Waals surface area contributed by atoms with Crippen molar-refractivity contribution in [2.24, 2.45) is 10.2 Å². The van der Waals surface area contributed by atoms with Crippen LogP contribution in [0.15, 0.2) is 72.1 Å². The third-order valence-electron chi connectivity index (χ3n) is 7.75. The highest BCUT2D eigenvalue weighted by molar-refractivity contribution is 7.48. The first kappa shape index (κ1) is 34.6. The molecule has 0 aliphatic carbocycles. The first-order valence-corrected chi connectivity index (χ1v) is 16.1. The van der Waals surface area contributed by atoms with Gasteiger partial charge in [0.05, 0.1) is 44.1 Å². The van der Waals surface area contributed by atoms with Crippen LogP contribution in [0.5, 0.6) is 0 Å². The molecule has 21 heteroatoms. The number of aromatic nitrogens is 4. The molecule has 0 saturated carbocycles. The normalized spacial score (nSPS) is 24.8. The number of nitrogens with zero attached hydrogens (tertiary/aromatic N) is 8. The largest absolute Gasteiger partial charge is 0.475 e. The molecular formula is C27H31N10O10P. The third kappa shape index (κ3) is 8.02. The Hall–Kier alpha value is -4.77. The predicted molar refractivity (Wildman–Crippen MR) is 166 cm³/mol. The number of ether oxygens (including phenoxy) is 2. The standard InChI is InChI=1S/C27H31N10O10P/c1-15-10-36(26(40)30-24(15)38)22-8-18(32-34-28)20(46-22)13-44-48(42,43-12-17-6-4-3-5-7-17)45-14-21-19(33-35-29)9-23(47-21)37-11-16(2)25(39)31-27(37)41/h3-7,10-11,18-23H,8-9,12-14H2,1-2H3,(H,30,38,40)(H,31,39,41)/t18-,19-,20+,21+,22+,23+/m0/s1. The molecule has 2 fully saturated rings. The topological polar surface area (TPSA) is 270 Å². The lowest BCUT2D eigenvalue weighted by Gasteiger charge is -2.23. The summed E-state index contributed by atoms with van der Waals surface area (Å²) in [5.41, 5.74) is 16.9. The molecule has 0 radical (unpaired) electrons. The fourth-order valence-corrected chi connectivity index (χ4v) is 6.41. The number of hydrogen-bond acceptors (Lipinski definition) is 12. The van der Waals surface area contributed by atoms with E-state index in [-0.39, 0.29) is 30.6 Å². The van der Waals surface area contributed by atoms with Crippen molar-refractivity contribution in [2.45, 2.75) is 70.0 Å². The maximum Gasteiger partial charge on any atom is 0.475 e. The summed E-state index contributed by atoms with van der Waals surface area (Å²) in [6.45, 7) is 1.88. The van der Waals surface area contributed by atoms with E-state index < -0.39 is 80.3 Å². The molecule has 0 unspecified atom stereocenters. The first-order valence-electron chi connectivity index (χ1n) is 14.6. The molecule has 1 aromatic carbocycles.